The molecule has 0 saturated carbocycles. The van der Waals surface area contributed by atoms with Crippen LogP contribution in [0, 0.1) is 0 Å². The van der Waals surface area contributed by atoms with Gasteiger partial charge in [0.2, 0.25) is 0 Å². The molecule has 3 aromatic carbocycles. The zero-order valence-electron chi connectivity index (χ0n) is 19.7. The number of carbonyl (C=O) groups is 1. The number of amides is 1. The number of benzene rings is 3. The van der Waals surface area contributed by atoms with E-state index >= 15 is 0 Å². The molecule has 4 rings (SSSR count). The highest BCUT2D eigenvalue weighted by Crippen LogP contribution is 2.29. The maximum absolute atomic E-state index is 12.4. The van der Waals surface area contributed by atoms with Crippen LogP contribution in [0.5, 0.6) is 11.5 Å². The number of aromatic nitrogens is 3. The topological polar surface area (TPSA) is 90.6 Å². The first-order chi connectivity index (χ1) is 17.6. The average molecular weight is 522 g/mol. The van der Waals surface area contributed by atoms with Gasteiger partial charge >= 0.3 is 0 Å². The third-order valence-corrected chi connectivity index (χ3v) is 6.15. The van der Waals surface area contributed by atoms with Crippen molar-refractivity contribution in [3.05, 3.63) is 83.4 Å². The second-order valence-corrected chi connectivity index (χ2v) is 8.81. The molecule has 4 aromatic rings. The van der Waals surface area contributed by atoms with Gasteiger partial charge in [0.15, 0.2) is 11.0 Å². The van der Waals surface area contributed by atoms with Crippen LogP contribution >= 0.6 is 23.4 Å². The molecule has 0 saturated heterocycles. The van der Waals surface area contributed by atoms with Crippen molar-refractivity contribution in [3.8, 4) is 28.6 Å². The fourth-order valence-electron chi connectivity index (χ4n) is 3.30. The first kappa shape index (κ1) is 25.3. The van der Waals surface area contributed by atoms with Crippen molar-refractivity contribution < 1.29 is 14.3 Å². The summed E-state index contributed by atoms with van der Waals surface area (Å²) in [5.74, 6) is 1.95. The molecule has 0 aliphatic heterocycles. The van der Waals surface area contributed by atoms with Crippen LogP contribution in [-0.2, 0) is 4.79 Å². The Kier molecular flexibility index (Phi) is 8.59. The maximum Gasteiger partial charge on any atom is 0.250 e. The summed E-state index contributed by atoms with van der Waals surface area (Å²) in [6.07, 6.45) is 1.56. The van der Waals surface area contributed by atoms with Crippen molar-refractivity contribution in [1.29, 1.82) is 0 Å². The van der Waals surface area contributed by atoms with E-state index in [1.165, 1.54) is 11.8 Å². The van der Waals surface area contributed by atoms with Crippen molar-refractivity contribution in [3.63, 3.8) is 0 Å². The smallest absolute Gasteiger partial charge is 0.250 e. The van der Waals surface area contributed by atoms with Gasteiger partial charge in [-0.3, -0.25) is 9.36 Å². The Morgan fingerprint density at radius 3 is 2.58 bits per heavy atom. The standard InChI is InChI=1S/C26H24ClN5O3S/c1-3-35-22-13-11-21(12-14-22)32-25(19-7-9-20(27)10-8-19)30-31-26(32)36-17-24(33)29-28-16-18-5-4-6-23(15-18)34-2/h4-16H,3,17H2,1-2H3,(H,29,33). The number of hydrogen-bond acceptors (Lipinski definition) is 7. The van der Waals surface area contributed by atoms with E-state index in [1.807, 2.05) is 72.2 Å². The fourth-order valence-corrected chi connectivity index (χ4v) is 4.17. The molecule has 8 nitrogen and oxygen atoms in total. The summed E-state index contributed by atoms with van der Waals surface area (Å²) in [7, 11) is 1.60. The number of nitrogens with zero attached hydrogens (tertiary/aromatic N) is 4. The first-order valence-corrected chi connectivity index (χ1v) is 12.5. The number of hydrazone groups is 1. The predicted octanol–water partition coefficient (Wildman–Crippen LogP) is 5.24. The van der Waals surface area contributed by atoms with Gasteiger partial charge in [-0.2, -0.15) is 5.10 Å². The Morgan fingerprint density at radius 1 is 1.08 bits per heavy atom. The zero-order valence-corrected chi connectivity index (χ0v) is 21.3. The van der Waals surface area contributed by atoms with Gasteiger partial charge < -0.3 is 9.47 Å². The van der Waals surface area contributed by atoms with Crippen LogP contribution in [0.3, 0.4) is 0 Å². The predicted molar refractivity (Wildman–Crippen MR) is 142 cm³/mol. The molecule has 0 aliphatic carbocycles. The van der Waals surface area contributed by atoms with Gasteiger partial charge in [0.05, 0.1) is 25.7 Å². The van der Waals surface area contributed by atoms with Crippen LogP contribution in [0.15, 0.2) is 83.1 Å². The summed E-state index contributed by atoms with van der Waals surface area (Å²) in [6, 6.07) is 22.4. The molecular weight excluding hydrogens is 498 g/mol. The summed E-state index contributed by atoms with van der Waals surface area (Å²) >= 11 is 7.33. The van der Waals surface area contributed by atoms with Crippen LogP contribution in [0.2, 0.25) is 5.02 Å². The lowest BCUT2D eigenvalue weighted by atomic mass is 10.2. The molecule has 1 heterocycles. The number of methoxy groups -OCH3 is 1. The molecule has 1 N–H and O–H groups in total. The van der Waals surface area contributed by atoms with E-state index in [-0.39, 0.29) is 11.7 Å². The molecule has 0 unspecified atom stereocenters. The van der Waals surface area contributed by atoms with Crippen molar-refractivity contribution >= 4 is 35.5 Å². The zero-order chi connectivity index (χ0) is 25.3. The summed E-state index contributed by atoms with van der Waals surface area (Å²) < 4.78 is 12.7. The highest BCUT2D eigenvalue weighted by Gasteiger charge is 2.17. The number of thioether (sulfide) groups is 1. The van der Waals surface area contributed by atoms with E-state index < -0.39 is 0 Å². The van der Waals surface area contributed by atoms with Crippen molar-refractivity contribution in [1.82, 2.24) is 20.2 Å². The molecule has 10 heteroatoms. The van der Waals surface area contributed by atoms with E-state index in [4.69, 9.17) is 21.1 Å². The van der Waals surface area contributed by atoms with E-state index in [0.717, 1.165) is 22.6 Å². The highest BCUT2D eigenvalue weighted by atomic mass is 35.5. The molecule has 1 amide bonds. The number of ether oxygens (including phenoxy) is 2. The van der Waals surface area contributed by atoms with Crippen molar-refractivity contribution in [2.45, 2.75) is 12.1 Å². The SMILES string of the molecule is CCOc1ccc(-n2c(SCC(=O)NN=Cc3cccc(OC)c3)nnc2-c2ccc(Cl)cc2)cc1. The molecule has 0 spiro atoms. The van der Waals surface area contributed by atoms with Crippen LogP contribution in [0.4, 0.5) is 0 Å². The number of halogens is 1. The van der Waals surface area contributed by atoms with Crippen molar-refractivity contribution in [2.24, 2.45) is 5.10 Å². The summed E-state index contributed by atoms with van der Waals surface area (Å²) in [5.41, 5.74) is 5.04. The average Bonchev–Trinajstić information content (AvgIpc) is 3.32. The largest absolute Gasteiger partial charge is 0.497 e. The molecule has 1 aromatic heterocycles. The Balaban J connectivity index is 1.51. The van der Waals surface area contributed by atoms with Gasteiger partial charge in [-0.05, 0) is 73.2 Å². The fraction of sp³-hybridized carbons (Fsp3) is 0.154. The highest BCUT2D eigenvalue weighted by molar-refractivity contribution is 7.99. The summed E-state index contributed by atoms with van der Waals surface area (Å²) in [5, 5.41) is 14.0. The van der Waals surface area contributed by atoms with Gasteiger partial charge in [-0.15, -0.1) is 10.2 Å². The molecule has 0 atom stereocenters. The molecule has 184 valence electrons. The monoisotopic (exact) mass is 521 g/mol. The van der Waals surface area contributed by atoms with Crippen LogP contribution in [0.25, 0.3) is 17.1 Å². The lowest BCUT2D eigenvalue weighted by Gasteiger charge is -2.11. The first-order valence-electron chi connectivity index (χ1n) is 11.1. The third-order valence-electron chi connectivity index (χ3n) is 4.97. The lowest BCUT2D eigenvalue weighted by molar-refractivity contribution is -0.118. The molecule has 0 radical (unpaired) electrons. The molecule has 36 heavy (non-hydrogen) atoms. The Morgan fingerprint density at radius 2 is 1.86 bits per heavy atom. The summed E-state index contributed by atoms with van der Waals surface area (Å²) in [4.78, 5) is 12.4. The number of nitrogens with one attached hydrogen (secondary N) is 1. The van der Waals surface area contributed by atoms with E-state index in [0.29, 0.717) is 28.4 Å². The molecule has 0 aliphatic rings. The second-order valence-electron chi connectivity index (χ2n) is 7.43. The van der Waals surface area contributed by atoms with Gasteiger partial charge in [0.25, 0.3) is 5.91 Å². The van der Waals surface area contributed by atoms with Gasteiger partial charge in [-0.1, -0.05) is 35.5 Å². The molecule has 0 fully saturated rings. The number of hydrogen-bond donors (Lipinski definition) is 1. The molecular formula is C26H24ClN5O3S. The Labute approximate surface area is 218 Å². The Hall–Kier alpha value is -3.82. The van der Waals surface area contributed by atoms with E-state index in [1.54, 1.807) is 25.5 Å². The van der Waals surface area contributed by atoms with Crippen LogP contribution < -0.4 is 14.9 Å². The van der Waals surface area contributed by atoms with Crippen molar-refractivity contribution in [2.75, 3.05) is 19.5 Å². The minimum absolute atomic E-state index is 0.102. The number of carbonyl (C=O) groups excluding carboxylic acids is 1. The van der Waals surface area contributed by atoms with E-state index in [9.17, 15) is 4.79 Å². The van der Waals surface area contributed by atoms with Gasteiger partial charge in [0, 0.05) is 16.3 Å². The van der Waals surface area contributed by atoms with E-state index in [2.05, 4.69) is 20.7 Å². The maximum atomic E-state index is 12.4. The quantitative estimate of drug-likeness (QED) is 0.174. The van der Waals surface area contributed by atoms with Crippen LogP contribution in [0.1, 0.15) is 12.5 Å². The Bertz CT molecular complexity index is 1340. The normalized spacial score (nSPS) is 11.0. The van der Waals surface area contributed by atoms with Crippen LogP contribution in [-0.4, -0.2) is 46.4 Å². The molecule has 0 bridgehead atoms. The van der Waals surface area contributed by atoms with Gasteiger partial charge in [0.1, 0.15) is 11.5 Å². The third kappa shape index (κ3) is 6.44. The second kappa shape index (κ2) is 12.2. The number of rotatable bonds is 10. The minimum Gasteiger partial charge on any atom is -0.497 e. The van der Waals surface area contributed by atoms with Gasteiger partial charge in [-0.25, -0.2) is 5.43 Å². The summed E-state index contributed by atoms with van der Waals surface area (Å²) in [6.45, 7) is 2.52. The minimum atomic E-state index is -0.270. The lowest BCUT2D eigenvalue weighted by Crippen LogP contribution is -2.20.